The van der Waals surface area contributed by atoms with E-state index in [1.165, 1.54) is 5.56 Å². The summed E-state index contributed by atoms with van der Waals surface area (Å²) in [5, 5.41) is 4.16. The Bertz CT molecular complexity index is 578. The van der Waals surface area contributed by atoms with Crippen molar-refractivity contribution in [3.63, 3.8) is 0 Å². The summed E-state index contributed by atoms with van der Waals surface area (Å²) in [7, 11) is 3.96. The Hall–Kier alpha value is -1.79. The van der Waals surface area contributed by atoms with Gasteiger partial charge in [-0.1, -0.05) is 18.3 Å². The van der Waals surface area contributed by atoms with Crippen LogP contribution in [0.3, 0.4) is 0 Å². The topological polar surface area (TPSA) is 60.0 Å². The van der Waals surface area contributed by atoms with Crippen molar-refractivity contribution in [1.82, 2.24) is 19.7 Å². The lowest BCUT2D eigenvalue weighted by Gasteiger charge is -2.17. The molecule has 0 saturated heterocycles. The molecule has 0 aliphatic rings. The SMILES string of the molecule is CN(Cc1cnn(C)c1)Cc1cccnc1C(N)=S. The van der Waals surface area contributed by atoms with Gasteiger partial charge in [-0.15, -0.1) is 0 Å². The van der Waals surface area contributed by atoms with Crippen LogP contribution in [0, 0.1) is 0 Å². The van der Waals surface area contributed by atoms with E-state index >= 15 is 0 Å². The molecule has 6 heteroatoms. The van der Waals surface area contributed by atoms with Crippen LogP contribution in [0.25, 0.3) is 0 Å². The van der Waals surface area contributed by atoms with Gasteiger partial charge in [-0.2, -0.15) is 5.10 Å². The van der Waals surface area contributed by atoms with Crippen molar-refractivity contribution in [2.45, 2.75) is 13.1 Å². The Morgan fingerprint density at radius 2 is 2.26 bits per heavy atom. The molecule has 0 bridgehead atoms. The predicted octanol–water partition coefficient (Wildman–Crippen LogP) is 1.08. The van der Waals surface area contributed by atoms with E-state index in [1.54, 1.807) is 10.9 Å². The van der Waals surface area contributed by atoms with Gasteiger partial charge in [-0.3, -0.25) is 14.6 Å². The van der Waals surface area contributed by atoms with E-state index in [9.17, 15) is 0 Å². The first-order valence-electron chi connectivity index (χ1n) is 5.96. The maximum Gasteiger partial charge on any atom is 0.123 e. The van der Waals surface area contributed by atoms with Gasteiger partial charge in [0.05, 0.1) is 6.20 Å². The first-order valence-corrected chi connectivity index (χ1v) is 6.37. The predicted molar refractivity (Wildman–Crippen MR) is 78.5 cm³/mol. The van der Waals surface area contributed by atoms with Crippen molar-refractivity contribution in [3.05, 3.63) is 47.5 Å². The smallest absolute Gasteiger partial charge is 0.123 e. The van der Waals surface area contributed by atoms with Crippen LogP contribution in [0.4, 0.5) is 0 Å². The zero-order chi connectivity index (χ0) is 13.8. The second-order valence-corrected chi connectivity index (χ2v) is 5.01. The molecule has 0 atom stereocenters. The Labute approximate surface area is 118 Å². The first-order chi connectivity index (χ1) is 9.06. The van der Waals surface area contributed by atoms with Crippen LogP contribution in [0.5, 0.6) is 0 Å². The highest BCUT2D eigenvalue weighted by atomic mass is 32.1. The van der Waals surface area contributed by atoms with Crippen LogP contribution in [0.15, 0.2) is 30.7 Å². The normalized spacial score (nSPS) is 10.9. The van der Waals surface area contributed by atoms with E-state index < -0.39 is 0 Å². The number of pyridine rings is 1. The summed E-state index contributed by atoms with van der Waals surface area (Å²) in [5.41, 5.74) is 8.60. The minimum atomic E-state index is 0.338. The summed E-state index contributed by atoms with van der Waals surface area (Å²) in [6.45, 7) is 1.56. The first kappa shape index (κ1) is 13.6. The van der Waals surface area contributed by atoms with Crippen LogP contribution >= 0.6 is 12.2 Å². The van der Waals surface area contributed by atoms with E-state index in [2.05, 4.69) is 15.0 Å². The number of rotatable bonds is 5. The summed E-state index contributed by atoms with van der Waals surface area (Å²) in [6.07, 6.45) is 5.58. The quantitative estimate of drug-likeness (QED) is 0.828. The highest BCUT2D eigenvalue weighted by molar-refractivity contribution is 7.80. The van der Waals surface area contributed by atoms with Gasteiger partial charge in [0.25, 0.3) is 0 Å². The highest BCUT2D eigenvalue weighted by Crippen LogP contribution is 2.10. The summed E-state index contributed by atoms with van der Waals surface area (Å²) in [4.78, 5) is 6.75. The lowest BCUT2D eigenvalue weighted by molar-refractivity contribution is 0.318. The molecule has 100 valence electrons. The monoisotopic (exact) mass is 275 g/mol. The molecule has 0 radical (unpaired) electrons. The molecule has 19 heavy (non-hydrogen) atoms. The third-order valence-electron chi connectivity index (χ3n) is 2.78. The lowest BCUT2D eigenvalue weighted by Crippen LogP contribution is -2.21. The largest absolute Gasteiger partial charge is 0.388 e. The molecule has 2 aromatic heterocycles. The Kier molecular flexibility index (Phi) is 4.24. The molecule has 0 saturated carbocycles. The van der Waals surface area contributed by atoms with E-state index in [1.807, 2.05) is 38.6 Å². The Morgan fingerprint density at radius 3 is 2.89 bits per heavy atom. The molecule has 5 nitrogen and oxygen atoms in total. The maximum atomic E-state index is 5.68. The third-order valence-corrected chi connectivity index (χ3v) is 2.97. The van der Waals surface area contributed by atoms with Crippen molar-refractivity contribution < 1.29 is 0 Å². The van der Waals surface area contributed by atoms with Gasteiger partial charge < -0.3 is 5.73 Å². The number of nitrogens with two attached hydrogens (primary N) is 1. The maximum absolute atomic E-state index is 5.68. The summed E-state index contributed by atoms with van der Waals surface area (Å²) in [6, 6.07) is 3.90. The van der Waals surface area contributed by atoms with E-state index in [4.69, 9.17) is 18.0 Å². The number of hydrogen-bond donors (Lipinski definition) is 1. The molecule has 2 aromatic rings. The van der Waals surface area contributed by atoms with Crippen molar-refractivity contribution in [3.8, 4) is 0 Å². The third kappa shape index (κ3) is 3.59. The molecule has 0 aromatic carbocycles. The van der Waals surface area contributed by atoms with Crippen molar-refractivity contribution in [2.24, 2.45) is 12.8 Å². The van der Waals surface area contributed by atoms with Gasteiger partial charge in [0.2, 0.25) is 0 Å². The van der Waals surface area contributed by atoms with E-state index in [0.717, 1.165) is 18.7 Å². The second-order valence-electron chi connectivity index (χ2n) is 4.57. The molecule has 0 aliphatic carbocycles. The summed E-state index contributed by atoms with van der Waals surface area (Å²) < 4.78 is 1.80. The number of hydrogen-bond acceptors (Lipinski definition) is 4. The fraction of sp³-hybridized carbons (Fsp3) is 0.308. The zero-order valence-corrected chi connectivity index (χ0v) is 11.9. The van der Waals surface area contributed by atoms with Gasteiger partial charge in [-0.05, 0) is 18.7 Å². The highest BCUT2D eigenvalue weighted by Gasteiger charge is 2.09. The fourth-order valence-electron chi connectivity index (χ4n) is 2.00. The molecule has 2 N–H and O–H groups in total. The molecular formula is C13H17N5S. The molecule has 0 unspecified atom stereocenters. The van der Waals surface area contributed by atoms with Gasteiger partial charge in [-0.25, -0.2) is 0 Å². The summed E-state index contributed by atoms with van der Waals surface area (Å²) >= 11 is 5.02. The van der Waals surface area contributed by atoms with E-state index in [-0.39, 0.29) is 0 Å². The van der Waals surface area contributed by atoms with Crippen LogP contribution in [-0.4, -0.2) is 31.7 Å². The van der Waals surface area contributed by atoms with Gasteiger partial charge in [0, 0.05) is 38.1 Å². The number of aryl methyl sites for hydroxylation is 1. The molecule has 2 heterocycles. The molecule has 0 fully saturated rings. The fourth-order valence-corrected chi connectivity index (χ4v) is 2.18. The van der Waals surface area contributed by atoms with Crippen LogP contribution in [0.2, 0.25) is 0 Å². The summed E-state index contributed by atoms with van der Waals surface area (Å²) in [5.74, 6) is 0. The van der Waals surface area contributed by atoms with E-state index in [0.29, 0.717) is 10.7 Å². The van der Waals surface area contributed by atoms with Crippen LogP contribution in [0.1, 0.15) is 16.8 Å². The standard InChI is InChI=1S/C13H17N5S/c1-17(7-10-6-16-18(2)8-10)9-11-4-3-5-15-12(11)13(14)19/h3-6,8H,7,9H2,1-2H3,(H2,14,19). The number of thiocarbonyl (C=S) groups is 1. The molecule has 2 rings (SSSR count). The van der Waals surface area contributed by atoms with Gasteiger partial charge >= 0.3 is 0 Å². The molecule has 0 amide bonds. The average molecular weight is 275 g/mol. The minimum absolute atomic E-state index is 0.338. The second kappa shape index (κ2) is 5.90. The zero-order valence-electron chi connectivity index (χ0n) is 11.1. The molecular weight excluding hydrogens is 258 g/mol. The van der Waals surface area contributed by atoms with Gasteiger partial charge in [0.1, 0.15) is 10.7 Å². The number of nitrogens with zero attached hydrogens (tertiary/aromatic N) is 4. The van der Waals surface area contributed by atoms with Gasteiger partial charge in [0.15, 0.2) is 0 Å². The van der Waals surface area contributed by atoms with Crippen LogP contribution < -0.4 is 5.73 Å². The Balaban J connectivity index is 2.06. The number of aromatic nitrogens is 3. The molecule has 0 spiro atoms. The Morgan fingerprint density at radius 1 is 1.47 bits per heavy atom. The van der Waals surface area contributed by atoms with Crippen LogP contribution in [-0.2, 0) is 20.1 Å². The average Bonchev–Trinajstić information content (AvgIpc) is 2.75. The van der Waals surface area contributed by atoms with Crippen molar-refractivity contribution >= 4 is 17.2 Å². The lowest BCUT2D eigenvalue weighted by atomic mass is 10.1. The van der Waals surface area contributed by atoms with Crippen molar-refractivity contribution in [1.29, 1.82) is 0 Å². The van der Waals surface area contributed by atoms with Crippen molar-refractivity contribution in [2.75, 3.05) is 7.05 Å². The minimum Gasteiger partial charge on any atom is -0.388 e. The molecule has 0 aliphatic heterocycles.